The summed E-state index contributed by atoms with van der Waals surface area (Å²) < 4.78 is 1.80. The molecule has 2 atom stereocenters. The average Bonchev–Trinajstić information content (AvgIpc) is 3.37. The first-order chi connectivity index (χ1) is 11.2. The Kier molecular flexibility index (Phi) is 3.97. The third kappa shape index (κ3) is 3.50. The standard InChI is InChI=1S/C18H25N3O2/c22-17-5-7-19(8-6-17)13-18(23)21-11-15-3-4-16(12-21)20(10-15)9-14-1-2-14/h5-8,14-16H,1-4,9-13H2/t15-,16-/m1/s1. The molecule has 2 bridgehead atoms. The first-order valence-corrected chi connectivity index (χ1v) is 8.85. The molecular weight excluding hydrogens is 290 g/mol. The van der Waals surface area contributed by atoms with Gasteiger partial charge < -0.3 is 9.47 Å². The van der Waals surface area contributed by atoms with Crippen molar-refractivity contribution in [2.24, 2.45) is 11.8 Å². The molecule has 3 saturated heterocycles. The van der Waals surface area contributed by atoms with Crippen LogP contribution in [0.5, 0.6) is 0 Å². The zero-order chi connectivity index (χ0) is 15.8. The van der Waals surface area contributed by atoms with Crippen molar-refractivity contribution in [1.29, 1.82) is 0 Å². The summed E-state index contributed by atoms with van der Waals surface area (Å²) in [7, 11) is 0. The molecule has 1 amide bonds. The lowest BCUT2D eigenvalue weighted by atomic mass is 9.95. The molecule has 1 aromatic rings. The molecule has 0 aromatic carbocycles. The van der Waals surface area contributed by atoms with Crippen molar-refractivity contribution in [2.75, 3.05) is 26.2 Å². The molecular formula is C18H25N3O2. The van der Waals surface area contributed by atoms with E-state index in [1.54, 1.807) is 17.0 Å². The van der Waals surface area contributed by atoms with Crippen LogP contribution in [0.25, 0.3) is 0 Å². The highest BCUT2D eigenvalue weighted by atomic mass is 16.2. The Morgan fingerprint density at radius 3 is 2.57 bits per heavy atom. The van der Waals surface area contributed by atoms with Crippen LogP contribution in [-0.2, 0) is 11.3 Å². The summed E-state index contributed by atoms with van der Waals surface area (Å²) in [4.78, 5) is 28.6. The maximum Gasteiger partial charge on any atom is 0.242 e. The molecule has 4 heterocycles. The van der Waals surface area contributed by atoms with Gasteiger partial charge in [-0.15, -0.1) is 0 Å². The first-order valence-electron chi connectivity index (χ1n) is 8.85. The summed E-state index contributed by atoms with van der Waals surface area (Å²) in [6.45, 7) is 4.52. The summed E-state index contributed by atoms with van der Waals surface area (Å²) in [5.74, 6) is 1.73. The molecule has 5 heteroatoms. The average molecular weight is 315 g/mol. The van der Waals surface area contributed by atoms with E-state index in [-0.39, 0.29) is 11.3 Å². The molecule has 4 fully saturated rings. The van der Waals surface area contributed by atoms with Gasteiger partial charge in [0.15, 0.2) is 5.43 Å². The highest BCUT2D eigenvalue weighted by Gasteiger charge is 2.38. The third-order valence-corrected chi connectivity index (χ3v) is 5.55. The van der Waals surface area contributed by atoms with Crippen molar-refractivity contribution in [3.8, 4) is 0 Å². The predicted molar refractivity (Wildman–Crippen MR) is 88.1 cm³/mol. The van der Waals surface area contributed by atoms with E-state index in [4.69, 9.17) is 0 Å². The fraction of sp³-hybridized carbons (Fsp3) is 0.667. The second-order valence-corrected chi connectivity index (χ2v) is 7.50. The van der Waals surface area contributed by atoms with E-state index in [1.807, 2.05) is 0 Å². The van der Waals surface area contributed by atoms with Gasteiger partial charge >= 0.3 is 0 Å². The van der Waals surface area contributed by atoms with Crippen LogP contribution >= 0.6 is 0 Å². The molecule has 1 saturated carbocycles. The van der Waals surface area contributed by atoms with E-state index in [0.717, 1.165) is 19.0 Å². The maximum absolute atomic E-state index is 12.7. The molecule has 1 aliphatic carbocycles. The number of carbonyl (C=O) groups excluding carboxylic acids is 1. The van der Waals surface area contributed by atoms with Crippen LogP contribution in [0.2, 0.25) is 0 Å². The lowest BCUT2D eigenvalue weighted by molar-refractivity contribution is -0.132. The molecule has 0 unspecified atom stereocenters. The Hall–Kier alpha value is -1.62. The molecule has 0 N–H and O–H groups in total. The summed E-state index contributed by atoms with van der Waals surface area (Å²) >= 11 is 0. The minimum atomic E-state index is -0.0165. The highest BCUT2D eigenvalue weighted by molar-refractivity contribution is 5.76. The van der Waals surface area contributed by atoms with Gasteiger partial charge in [0.05, 0.1) is 0 Å². The summed E-state index contributed by atoms with van der Waals surface area (Å²) in [6, 6.07) is 3.57. The van der Waals surface area contributed by atoms with Gasteiger partial charge in [-0.1, -0.05) is 0 Å². The third-order valence-electron chi connectivity index (χ3n) is 5.55. The number of hydrogen-bond acceptors (Lipinski definition) is 3. The van der Waals surface area contributed by atoms with E-state index < -0.39 is 0 Å². The van der Waals surface area contributed by atoms with Crippen LogP contribution in [0.4, 0.5) is 0 Å². The van der Waals surface area contributed by atoms with Gasteiger partial charge in [-0.2, -0.15) is 0 Å². The van der Waals surface area contributed by atoms with Crippen molar-refractivity contribution in [3.63, 3.8) is 0 Å². The van der Waals surface area contributed by atoms with Gasteiger partial charge in [-0.25, -0.2) is 0 Å². The van der Waals surface area contributed by atoms with Crippen LogP contribution in [0.15, 0.2) is 29.3 Å². The van der Waals surface area contributed by atoms with Crippen molar-refractivity contribution >= 4 is 5.91 Å². The number of nitrogens with zero attached hydrogens (tertiary/aromatic N) is 3. The van der Waals surface area contributed by atoms with Gasteiger partial charge in [-0.05, 0) is 37.5 Å². The van der Waals surface area contributed by atoms with Gasteiger partial charge in [0.2, 0.25) is 5.91 Å². The maximum atomic E-state index is 12.7. The fourth-order valence-electron chi connectivity index (χ4n) is 4.04. The number of piperidine rings is 1. The number of pyridine rings is 1. The van der Waals surface area contributed by atoms with Crippen molar-refractivity contribution in [2.45, 2.75) is 38.3 Å². The number of rotatable bonds is 4. The van der Waals surface area contributed by atoms with Crippen molar-refractivity contribution < 1.29 is 4.79 Å². The summed E-state index contributed by atoms with van der Waals surface area (Å²) in [6.07, 6.45) is 8.68. The lowest BCUT2D eigenvalue weighted by Crippen LogP contribution is -2.45. The topological polar surface area (TPSA) is 45.6 Å². The van der Waals surface area contributed by atoms with E-state index in [9.17, 15) is 9.59 Å². The molecule has 5 nitrogen and oxygen atoms in total. The highest BCUT2D eigenvalue weighted by Crippen LogP contribution is 2.34. The minimum Gasteiger partial charge on any atom is -0.345 e. The Morgan fingerprint density at radius 1 is 1.04 bits per heavy atom. The number of amides is 1. The van der Waals surface area contributed by atoms with Gasteiger partial charge in [0, 0.05) is 56.7 Å². The van der Waals surface area contributed by atoms with Gasteiger partial charge in [0.1, 0.15) is 6.54 Å². The van der Waals surface area contributed by atoms with Gasteiger partial charge in [0.25, 0.3) is 0 Å². The molecule has 1 aromatic heterocycles. The van der Waals surface area contributed by atoms with Crippen LogP contribution < -0.4 is 5.43 Å². The van der Waals surface area contributed by atoms with Gasteiger partial charge in [-0.3, -0.25) is 14.5 Å². The molecule has 0 spiro atoms. The van der Waals surface area contributed by atoms with E-state index in [1.165, 1.54) is 50.9 Å². The Morgan fingerprint density at radius 2 is 1.83 bits per heavy atom. The minimum absolute atomic E-state index is 0.0165. The van der Waals surface area contributed by atoms with Crippen molar-refractivity contribution in [1.82, 2.24) is 14.4 Å². The molecule has 3 aliphatic heterocycles. The molecule has 5 rings (SSSR count). The Bertz CT molecular complexity index is 617. The number of carbonyl (C=O) groups is 1. The van der Waals surface area contributed by atoms with E-state index in [0.29, 0.717) is 18.5 Å². The fourth-order valence-corrected chi connectivity index (χ4v) is 4.04. The number of aromatic nitrogens is 1. The first kappa shape index (κ1) is 14.9. The molecule has 0 radical (unpaired) electrons. The number of fused-ring (bicyclic) bond motifs is 4. The second kappa shape index (κ2) is 6.11. The molecule has 4 aliphatic rings. The largest absolute Gasteiger partial charge is 0.345 e. The Labute approximate surface area is 136 Å². The molecule has 23 heavy (non-hydrogen) atoms. The van der Waals surface area contributed by atoms with E-state index in [2.05, 4.69) is 9.80 Å². The van der Waals surface area contributed by atoms with Crippen LogP contribution in [0.3, 0.4) is 0 Å². The van der Waals surface area contributed by atoms with Crippen LogP contribution in [0, 0.1) is 11.8 Å². The smallest absolute Gasteiger partial charge is 0.242 e. The SMILES string of the molecule is O=C(Cn1ccc(=O)cc1)N1C[C@@H]2CC[C@H](C1)N(CC1CC1)C2. The second-order valence-electron chi connectivity index (χ2n) is 7.50. The quantitative estimate of drug-likeness (QED) is 0.838. The normalized spacial score (nSPS) is 27.9. The molecule has 124 valence electrons. The van der Waals surface area contributed by atoms with E-state index >= 15 is 0 Å². The summed E-state index contributed by atoms with van der Waals surface area (Å²) in [5.41, 5.74) is -0.0165. The zero-order valence-electron chi connectivity index (χ0n) is 13.6. The van der Waals surface area contributed by atoms with Crippen LogP contribution in [-0.4, -0.2) is 52.5 Å². The number of hydrogen-bond donors (Lipinski definition) is 0. The predicted octanol–water partition coefficient (Wildman–Crippen LogP) is 1.18. The van der Waals surface area contributed by atoms with Crippen molar-refractivity contribution in [3.05, 3.63) is 34.7 Å². The summed E-state index contributed by atoms with van der Waals surface area (Å²) in [5, 5.41) is 0. The van der Waals surface area contributed by atoms with Crippen LogP contribution in [0.1, 0.15) is 25.7 Å². The monoisotopic (exact) mass is 315 g/mol. The Balaban J connectivity index is 1.41. The zero-order valence-corrected chi connectivity index (χ0v) is 13.6. The lowest BCUT2D eigenvalue weighted by Gasteiger charge is -2.36.